The summed E-state index contributed by atoms with van der Waals surface area (Å²) in [5.41, 5.74) is -0.104. The largest absolute Gasteiger partial charge is 0.468 e. The predicted octanol–water partition coefficient (Wildman–Crippen LogP) is 2.11. The number of carbonyl (C=O) groups is 3. The van der Waals surface area contributed by atoms with Crippen LogP contribution in [0.25, 0.3) is 0 Å². The first-order valence-electron chi connectivity index (χ1n) is 6.84. The van der Waals surface area contributed by atoms with Gasteiger partial charge in [0.1, 0.15) is 10.9 Å². The van der Waals surface area contributed by atoms with E-state index in [4.69, 9.17) is 23.2 Å². The minimum Gasteiger partial charge on any atom is -0.468 e. The minimum absolute atomic E-state index is 0.231. The number of anilines is 1. The Morgan fingerprint density at radius 1 is 1.30 bits per heavy atom. The molecule has 0 spiro atoms. The second-order valence-corrected chi connectivity index (χ2v) is 6.99. The average Bonchev–Trinajstić information content (AvgIpc) is 3.04. The highest BCUT2D eigenvalue weighted by Gasteiger charge is 2.67. The molecule has 2 amide bonds. The molecule has 1 aliphatic rings. The molecular weight excluding hydrogens is 343 g/mol. The third kappa shape index (κ3) is 3.76. The van der Waals surface area contributed by atoms with E-state index in [2.05, 4.69) is 15.4 Å². The number of hydrogen-bond donors (Lipinski definition) is 2. The molecular formula is C15H16Cl2N2O4. The maximum Gasteiger partial charge on any atom is 0.325 e. The number of esters is 1. The summed E-state index contributed by atoms with van der Waals surface area (Å²) in [6, 6.07) is 6.33. The Hall–Kier alpha value is -1.79. The molecule has 0 unspecified atom stereocenters. The Balaban J connectivity index is 2.01. The molecule has 1 fully saturated rings. The summed E-state index contributed by atoms with van der Waals surface area (Å²) in [4.78, 5) is 35.2. The van der Waals surface area contributed by atoms with Crippen LogP contribution in [0.1, 0.15) is 23.7 Å². The van der Waals surface area contributed by atoms with Crippen molar-refractivity contribution in [1.82, 2.24) is 5.32 Å². The van der Waals surface area contributed by atoms with Crippen molar-refractivity contribution in [3.05, 3.63) is 29.8 Å². The summed E-state index contributed by atoms with van der Waals surface area (Å²) in [5.74, 6) is -1.31. The third-order valence-corrected chi connectivity index (χ3v) is 4.86. The van der Waals surface area contributed by atoms with Crippen molar-refractivity contribution in [3.8, 4) is 0 Å². The molecule has 23 heavy (non-hydrogen) atoms. The van der Waals surface area contributed by atoms with E-state index in [9.17, 15) is 14.4 Å². The molecule has 0 saturated heterocycles. The number of rotatable bonds is 5. The topological polar surface area (TPSA) is 84.5 Å². The number of nitrogens with one attached hydrogen (secondary N) is 2. The van der Waals surface area contributed by atoms with Gasteiger partial charge in [-0.2, -0.15) is 0 Å². The van der Waals surface area contributed by atoms with Gasteiger partial charge in [0.15, 0.2) is 0 Å². The zero-order valence-corrected chi connectivity index (χ0v) is 14.1. The lowest BCUT2D eigenvalue weighted by molar-refractivity contribution is -0.139. The van der Waals surface area contributed by atoms with Crippen molar-refractivity contribution in [2.45, 2.75) is 17.7 Å². The van der Waals surface area contributed by atoms with Gasteiger partial charge in [0.2, 0.25) is 5.91 Å². The molecule has 6 nitrogen and oxygen atoms in total. The number of benzene rings is 1. The van der Waals surface area contributed by atoms with E-state index in [1.165, 1.54) is 13.2 Å². The number of amides is 2. The standard InChI is InChI=1S/C15H16Cl2N2O4/c1-14(8-15(14,16)17)13(22)19-10-5-3-4-9(6-10)12(21)18-7-11(20)23-2/h3-6H,7-8H2,1-2H3,(H,18,21)(H,19,22)/t14-/m1/s1. The minimum atomic E-state index is -1.06. The van der Waals surface area contributed by atoms with Crippen LogP contribution in [-0.4, -0.2) is 35.8 Å². The summed E-state index contributed by atoms with van der Waals surface area (Å²) >= 11 is 11.9. The van der Waals surface area contributed by atoms with Crippen LogP contribution in [0, 0.1) is 5.41 Å². The van der Waals surface area contributed by atoms with Gasteiger partial charge in [0, 0.05) is 11.3 Å². The highest BCUT2D eigenvalue weighted by atomic mass is 35.5. The van der Waals surface area contributed by atoms with E-state index in [0.717, 1.165) is 0 Å². The van der Waals surface area contributed by atoms with Crippen LogP contribution in [-0.2, 0) is 14.3 Å². The van der Waals surface area contributed by atoms with Gasteiger partial charge in [-0.25, -0.2) is 0 Å². The van der Waals surface area contributed by atoms with Crippen LogP contribution in [0.2, 0.25) is 0 Å². The Labute approximate surface area is 143 Å². The van der Waals surface area contributed by atoms with Crippen molar-refractivity contribution in [2.75, 3.05) is 19.0 Å². The molecule has 0 heterocycles. The summed E-state index contributed by atoms with van der Waals surface area (Å²) in [6.07, 6.45) is 0.369. The van der Waals surface area contributed by atoms with Crippen molar-refractivity contribution in [2.24, 2.45) is 5.41 Å². The highest BCUT2D eigenvalue weighted by Crippen LogP contribution is 2.64. The number of alkyl halides is 2. The maximum atomic E-state index is 12.2. The van der Waals surface area contributed by atoms with Crippen molar-refractivity contribution in [1.29, 1.82) is 0 Å². The molecule has 124 valence electrons. The Morgan fingerprint density at radius 2 is 1.96 bits per heavy atom. The monoisotopic (exact) mass is 358 g/mol. The molecule has 0 radical (unpaired) electrons. The fourth-order valence-corrected chi connectivity index (χ4v) is 2.69. The number of halogens is 2. The lowest BCUT2D eigenvalue weighted by Crippen LogP contribution is -2.30. The van der Waals surface area contributed by atoms with Crippen LogP contribution in [0.4, 0.5) is 5.69 Å². The van der Waals surface area contributed by atoms with Gasteiger partial charge >= 0.3 is 5.97 Å². The molecule has 1 aromatic carbocycles. The second-order valence-electron chi connectivity index (χ2n) is 5.51. The molecule has 2 N–H and O–H groups in total. The fraction of sp³-hybridized carbons (Fsp3) is 0.400. The Kier molecular flexibility index (Phi) is 4.87. The molecule has 8 heteroatoms. The van der Waals surface area contributed by atoms with Gasteiger partial charge in [-0.3, -0.25) is 14.4 Å². The number of ether oxygens (including phenoxy) is 1. The maximum absolute atomic E-state index is 12.2. The van der Waals surface area contributed by atoms with E-state index in [0.29, 0.717) is 17.7 Å². The summed E-state index contributed by atoms with van der Waals surface area (Å²) in [5, 5.41) is 5.11. The van der Waals surface area contributed by atoms with Gasteiger partial charge in [0.05, 0.1) is 12.5 Å². The van der Waals surface area contributed by atoms with Crippen LogP contribution in [0.15, 0.2) is 24.3 Å². The van der Waals surface area contributed by atoms with E-state index in [-0.39, 0.29) is 12.5 Å². The first-order chi connectivity index (χ1) is 10.7. The van der Waals surface area contributed by atoms with E-state index in [1.807, 2.05) is 0 Å². The van der Waals surface area contributed by atoms with Crippen molar-refractivity contribution < 1.29 is 19.1 Å². The van der Waals surface area contributed by atoms with Crippen molar-refractivity contribution >= 4 is 46.7 Å². The lowest BCUT2D eigenvalue weighted by atomic mass is 10.1. The molecule has 2 rings (SSSR count). The molecule has 0 aliphatic heterocycles. The fourth-order valence-electron chi connectivity index (χ4n) is 1.98. The van der Waals surface area contributed by atoms with E-state index >= 15 is 0 Å². The highest BCUT2D eigenvalue weighted by molar-refractivity contribution is 6.53. The summed E-state index contributed by atoms with van der Waals surface area (Å²) in [7, 11) is 1.23. The number of methoxy groups -OCH3 is 1. The molecule has 1 saturated carbocycles. The third-order valence-electron chi connectivity index (χ3n) is 3.76. The normalized spacial score (nSPS) is 21.2. The van der Waals surface area contributed by atoms with Crippen LogP contribution in [0.3, 0.4) is 0 Å². The number of carbonyl (C=O) groups excluding carboxylic acids is 3. The predicted molar refractivity (Wildman–Crippen MR) is 86.6 cm³/mol. The number of hydrogen-bond acceptors (Lipinski definition) is 4. The van der Waals surface area contributed by atoms with Gasteiger partial charge in [-0.05, 0) is 31.5 Å². The SMILES string of the molecule is COC(=O)CNC(=O)c1cccc(NC(=O)[C@@]2(C)CC2(Cl)Cl)c1. The quantitative estimate of drug-likeness (QED) is 0.623. The summed E-state index contributed by atoms with van der Waals surface area (Å²) in [6.45, 7) is 1.44. The second kappa shape index (κ2) is 6.37. The molecule has 1 aliphatic carbocycles. The van der Waals surface area contributed by atoms with Gasteiger partial charge in [-0.15, -0.1) is 23.2 Å². The van der Waals surface area contributed by atoms with Gasteiger partial charge < -0.3 is 15.4 Å². The zero-order chi connectivity index (χ0) is 17.3. The van der Waals surface area contributed by atoms with E-state index < -0.39 is 21.6 Å². The summed E-state index contributed by atoms with van der Waals surface area (Å²) < 4.78 is 3.38. The molecule has 0 aromatic heterocycles. The molecule has 1 atom stereocenters. The Morgan fingerprint density at radius 3 is 2.52 bits per heavy atom. The first kappa shape index (κ1) is 17.6. The van der Waals surface area contributed by atoms with Crippen molar-refractivity contribution in [3.63, 3.8) is 0 Å². The lowest BCUT2D eigenvalue weighted by Gasteiger charge is -2.13. The zero-order valence-electron chi connectivity index (χ0n) is 12.6. The average molecular weight is 359 g/mol. The van der Waals surface area contributed by atoms with Crippen LogP contribution < -0.4 is 10.6 Å². The molecule has 0 bridgehead atoms. The van der Waals surface area contributed by atoms with Gasteiger partial charge in [-0.1, -0.05) is 6.07 Å². The smallest absolute Gasteiger partial charge is 0.325 e. The first-order valence-corrected chi connectivity index (χ1v) is 7.59. The van der Waals surface area contributed by atoms with Crippen LogP contribution in [0.5, 0.6) is 0 Å². The van der Waals surface area contributed by atoms with Gasteiger partial charge in [0.25, 0.3) is 5.91 Å². The van der Waals surface area contributed by atoms with E-state index in [1.54, 1.807) is 25.1 Å². The molecule has 1 aromatic rings. The van der Waals surface area contributed by atoms with Crippen LogP contribution >= 0.6 is 23.2 Å². The Bertz CT molecular complexity index is 663.